The van der Waals surface area contributed by atoms with Crippen LogP contribution in [-0.4, -0.2) is 31.1 Å². The lowest BCUT2D eigenvalue weighted by molar-refractivity contribution is 0.316. The largest absolute Gasteiger partial charge is 0.472 e. The van der Waals surface area contributed by atoms with Crippen LogP contribution in [0, 0.1) is 0 Å². The van der Waals surface area contributed by atoms with Crippen LogP contribution in [-0.2, 0) is 0 Å². The zero-order chi connectivity index (χ0) is 10.7. The van der Waals surface area contributed by atoms with Crippen LogP contribution in [0.25, 0.3) is 0 Å². The van der Waals surface area contributed by atoms with Gasteiger partial charge in [-0.05, 0) is 32.9 Å². The van der Waals surface area contributed by atoms with Gasteiger partial charge in [-0.25, -0.2) is 0 Å². The highest BCUT2D eigenvalue weighted by molar-refractivity contribution is 5.10. The summed E-state index contributed by atoms with van der Waals surface area (Å²) in [5.74, 6) is 0. The number of nitrogens with zero attached hydrogens (tertiary/aromatic N) is 1. The van der Waals surface area contributed by atoms with E-state index in [-0.39, 0.29) is 0 Å². The van der Waals surface area contributed by atoms with E-state index in [2.05, 4.69) is 24.2 Å². The Morgan fingerprint density at radius 1 is 1.60 bits per heavy atom. The molecule has 1 aromatic heterocycles. The lowest BCUT2D eigenvalue weighted by Gasteiger charge is -2.18. The van der Waals surface area contributed by atoms with E-state index in [0.717, 1.165) is 19.1 Å². The molecular weight excluding hydrogens is 188 g/mol. The van der Waals surface area contributed by atoms with Crippen molar-refractivity contribution in [3.05, 3.63) is 24.2 Å². The summed E-state index contributed by atoms with van der Waals surface area (Å²) in [7, 11) is 2.21. The molecule has 1 fully saturated rings. The van der Waals surface area contributed by atoms with Crippen LogP contribution >= 0.6 is 0 Å². The summed E-state index contributed by atoms with van der Waals surface area (Å²) in [5.41, 5.74) is 1.23. The van der Waals surface area contributed by atoms with E-state index in [1.807, 2.05) is 12.3 Å². The monoisotopic (exact) mass is 208 g/mol. The molecule has 1 heterocycles. The van der Waals surface area contributed by atoms with Gasteiger partial charge in [0.2, 0.25) is 0 Å². The highest BCUT2D eigenvalue weighted by atomic mass is 16.3. The fourth-order valence-corrected chi connectivity index (χ4v) is 1.79. The van der Waals surface area contributed by atoms with Crippen molar-refractivity contribution in [2.24, 2.45) is 0 Å². The van der Waals surface area contributed by atoms with Crippen LogP contribution in [0.3, 0.4) is 0 Å². The molecule has 1 saturated carbocycles. The van der Waals surface area contributed by atoms with Gasteiger partial charge in [0, 0.05) is 30.7 Å². The molecule has 1 atom stereocenters. The minimum Gasteiger partial charge on any atom is -0.472 e. The predicted molar refractivity (Wildman–Crippen MR) is 60.8 cm³/mol. The molecule has 0 saturated heterocycles. The first kappa shape index (κ1) is 10.7. The average molecular weight is 208 g/mol. The highest BCUT2D eigenvalue weighted by Gasteiger charge is 2.25. The van der Waals surface area contributed by atoms with Crippen molar-refractivity contribution in [3.63, 3.8) is 0 Å². The Morgan fingerprint density at radius 3 is 3.00 bits per heavy atom. The third-order valence-electron chi connectivity index (χ3n) is 3.13. The van der Waals surface area contributed by atoms with Crippen molar-refractivity contribution in [2.75, 3.05) is 20.1 Å². The van der Waals surface area contributed by atoms with Crippen molar-refractivity contribution in [1.29, 1.82) is 0 Å². The first-order valence-electron chi connectivity index (χ1n) is 5.73. The molecule has 0 aliphatic heterocycles. The number of rotatable bonds is 6. The topological polar surface area (TPSA) is 28.4 Å². The van der Waals surface area contributed by atoms with E-state index in [4.69, 9.17) is 4.42 Å². The van der Waals surface area contributed by atoms with Crippen molar-refractivity contribution in [3.8, 4) is 0 Å². The second kappa shape index (κ2) is 4.81. The van der Waals surface area contributed by atoms with Crippen LogP contribution < -0.4 is 5.32 Å². The number of hydrogen-bond acceptors (Lipinski definition) is 3. The Kier molecular flexibility index (Phi) is 3.44. The van der Waals surface area contributed by atoms with Gasteiger partial charge in [0.05, 0.1) is 12.5 Å². The fraction of sp³-hybridized carbons (Fsp3) is 0.667. The standard InChI is InChI=1S/C12H20N2O/c1-10(11-5-8-15-9-11)13-6-7-14(2)12-3-4-12/h5,8-10,12-13H,3-4,6-7H2,1-2H3. The van der Waals surface area contributed by atoms with Gasteiger partial charge in [0.1, 0.15) is 0 Å². The van der Waals surface area contributed by atoms with Crippen molar-refractivity contribution in [2.45, 2.75) is 31.8 Å². The van der Waals surface area contributed by atoms with Gasteiger partial charge in [0.25, 0.3) is 0 Å². The smallest absolute Gasteiger partial charge is 0.0950 e. The predicted octanol–water partition coefficient (Wildman–Crippen LogP) is 2.02. The number of nitrogens with one attached hydrogen (secondary N) is 1. The van der Waals surface area contributed by atoms with Crippen molar-refractivity contribution < 1.29 is 4.42 Å². The van der Waals surface area contributed by atoms with Crippen LogP contribution in [0.1, 0.15) is 31.4 Å². The number of likely N-dealkylation sites (N-methyl/N-ethyl adjacent to an activating group) is 1. The van der Waals surface area contributed by atoms with Gasteiger partial charge in [-0.15, -0.1) is 0 Å². The first-order chi connectivity index (χ1) is 7.27. The summed E-state index contributed by atoms with van der Waals surface area (Å²) in [6, 6.07) is 3.26. The Hall–Kier alpha value is -0.800. The Bertz CT molecular complexity index is 280. The third kappa shape index (κ3) is 3.08. The SMILES string of the molecule is CC(NCCN(C)C1CC1)c1ccoc1. The van der Waals surface area contributed by atoms with E-state index in [9.17, 15) is 0 Å². The van der Waals surface area contributed by atoms with Gasteiger partial charge < -0.3 is 14.6 Å². The molecule has 0 radical (unpaired) electrons. The van der Waals surface area contributed by atoms with Gasteiger partial charge >= 0.3 is 0 Å². The number of furan rings is 1. The van der Waals surface area contributed by atoms with Crippen LogP contribution in [0.5, 0.6) is 0 Å². The average Bonchev–Trinajstić information content (AvgIpc) is 2.93. The van der Waals surface area contributed by atoms with Gasteiger partial charge in [-0.1, -0.05) is 0 Å². The molecule has 1 aliphatic carbocycles. The fourth-order valence-electron chi connectivity index (χ4n) is 1.79. The van der Waals surface area contributed by atoms with Gasteiger partial charge in [0.15, 0.2) is 0 Å². The second-order valence-electron chi connectivity index (χ2n) is 4.44. The lowest BCUT2D eigenvalue weighted by atomic mass is 10.2. The summed E-state index contributed by atoms with van der Waals surface area (Å²) >= 11 is 0. The van der Waals surface area contributed by atoms with Crippen molar-refractivity contribution in [1.82, 2.24) is 10.2 Å². The van der Waals surface area contributed by atoms with Crippen LogP contribution in [0.2, 0.25) is 0 Å². The normalized spacial score (nSPS) is 18.3. The van der Waals surface area contributed by atoms with Crippen LogP contribution in [0.15, 0.2) is 23.0 Å². The molecule has 2 rings (SSSR count). The zero-order valence-electron chi connectivity index (χ0n) is 9.57. The number of hydrogen-bond donors (Lipinski definition) is 1. The lowest BCUT2D eigenvalue weighted by Crippen LogP contribution is -2.31. The van der Waals surface area contributed by atoms with Crippen LogP contribution in [0.4, 0.5) is 0 Å². The molecule has 1 aromatic rings. The van der Waals surface area contributed by atoms with E-state index in [0.29, 0.717) is 6.04 Å². The summed E-state index contributed by atoms with van der Waals surface area (Å²) < 4.78 is 5.06. The summed E-state index contributed by atoms with van der Waals surface area (Å²) in [6.45, 7) is 4.34. The van der Waals surface area contributed by atoms with E-state index in [1.54, 1.807) is 6.26 Å². The second-order valence-corrected chi connectivity index (χ2v) is 4.44. The molecule has 0 spiro atoms. The minimum atomic E-state index is 0.386. The molecule has 84 valence electrons. The highest BCUT2D eigenvalue weighted by Crippen LogP contribution is 2.24. The molecule has 3 nitrogen and oxygen atoms in total. The molecule has 15 heavy (non-hydrogen) atoms. The molecule has 1 N–H and O–H groups in total. The quantitative estimate of drug-likeness (QED) is 0.775. The zero-order valence-corrected chi connectivity index (χ0v) is 9.57. The molecular formula is C12H20N2O. The molecule has 1 aliphatic rings. The van der Waals surface area contributed by atoms with Gasteiger partial charge in [-0.3, -0.25) is 0 Å². The molecule has 0 aromatic carbocycles. The minimum absolute atomic E-state index is 0.386. The molecule has 3 heteroatoms. The summed E-state index contributed by atoms with van der Waals surface area (Å²) in [6.07, 6.45) is 6.30. The maximum atomic E-state index is 5.06. The van der Waals surface area contributed by atoms with E-state index >= 15 is 0 Å². The Labute approximate surface area is 91.4 Å². The van der Waals surface area contributed by atoms with E-state index in [1.165, 1.54) is 18.4 Å². The maximum absolute atomic E-state index is 5.06. The maximum Gasteiger partial charge on any atom is 0.0950 e. The van der Waals surface area contributed by atoms with E-state index < -0.39 is 0 Å². The first-order valence-corrected chi connectivity index (χ1v) is 5.73. The molecule has 1 unspecified atom stereocenters. The Balaban J connectivity index is 1.64. The Morgan fingerprint density at radius 2 is 2.40 bits per heavy atom. The third-order valence-corrected chi connectivity index (χ3v) is 3.13. The summed E-state index contributed by atoms with van der Waals surface area (Å²) in [5, 5.41) is 3.50. The molecule has 0 bridgehead atoms. The van der Waals surface area contributed by atoms with Gasteiger partial charge in [-0.2, -0.15) is 0 Å². The molecule has 0 amide bonds. The van der Waals surface area contributed by atoms with Crippen molar-refractivity contribution >= 4 is 0 Å². The summed E-state index contributed by atoms with van der Waals surface area (Å²) in [4.78, 5) is 2.44.